The summed E-state index contributed by atoms with van der Waals surface area (Å²) in [6.45, 7) is 2.38. The van der Waals surface area contributed by atoms with Crippen LogP contribution < -0.4 is 15.1 Å². The number of rotatable bonds is 3. The van der Waals surface area contributed by atoms with Crippen molar-refractivity contribution >= 4 is 17.5 Å². The average Bonchev–Trinajstić information content (AvgIpc) is 2.56. The van der Waals surface area contributed by atoms with Crippen LogP contribution in [0.5, 0.6) is 5.75 Å². The Morgan fingerprint density at radius 1 is 1.19 bits per heavy atom. The predicted octanol–water partition coefficient (Wildman–Crippen LogP) is 0.0214. The van der Waals surface area contributed by atoms with E-state index in [1.165, 1.54) is 19.1 Å². The lowest BCUT2D eigenvalue weighted by Gasteiger charge is -2.29. The van der Waals surface area contributed by atoms with Crippen LogP contribution in [-0.2, 0) is 14.4 Å². The summed E-state index contributed by atoms with van der Waals surface area (Å²) in [6, 6.07) is 6.88. The van der Waals surface area contributed by atoms with Gasteiger partial charge in [0.2, 0.25) is 0 Å². The van der Waals surface area contributed by atoms with Crippen LogP contribution in [0.25, 0.3) is 0 Å². The van der Waals surface area contributed by atoms with Gasteiger partial charge in [0.05, 0.1) is 14.2 Å². The molecule has 2 amide bonds. The van der Waals surface area contributed by atoms with Crippen molar-refractivity contribution in [2.75, 3.05) is 45.5 Å². The van der Waals surface area contributed by atoms with E-state index >= 15 is 0 Å². The third kappa shape index (κ3) is 3.32. The third-order valence-electron chi connectivity index (χ3n) is 3.26. The van der Waals surface area contributed by atoms with Crippen LogP contribution in [0.3, 0.4) is 0 Å². The van der Waals surface area contributed by atoms with E-state index < -0.39 is 11.8 Å². The molecule has 1 aromatic rings. The molecule has 0 atom stereocenters. The second kappa shape index (κ2) is 7.05. The maximum atomic E-state index is 12.4. The fourth-order valence-corrected chi connectivity index (χ4v) is 2.18. The number of hydrogen-bond donors (Lipinski definition) is 1. The second-order valence-corrected chi connectivity index (χ2v) is 4.50. The van der Waals surface area contributed by atoms with Gasteiger partial charge in [0.15, 0.2) is 0 Å². The topological polar surface area (TPSA) is 71.1 Å². The van der Waals surface area contributed by atoms with Gasteiger partial charge in [0.1, 0.15) is 11.4 Å². The normalized spacial score (nSPS) is 14.7. The van der Waals surface area contributed by atoms with Crippen molar-refractivity contribution in [1.29, 1.82) is 0 Å². The van der Waals surface area contributed by atoms with Crippen molar-refractivity contribution in [3.63, 3.8) is 0 Å². The zero-order valence-corrected chi connectivity index (χ0v) is 12.2. The fourth-order valence-electron chi connectivity index (χ4n) is 2.18. The molecule has 21 heavy (non-hydrogen) atoms. The number of ether oxygens (including phenoxy) is 1. The van der Waals surface area contributed by atoms with Crippen LogP contribution in [0, 0.1) is 0 Å². The minimum absolute atomic E-state index is 0.399. The maximum absolute atomic E-state index is 12.4. The van der Waals surface area contributed by atoms with Gasteiger partial charge in [-0.25, -0.2) is 0 Å². The first kappa shape index (κ1) is 15.3. The Bertz CT molecular complexity index is 515. The first-order chi connectivity index (χ1) is 10.2. The molecule has 1 saturated heterocycles. The van der Waals surface area contributed by atoms with Gasteiger partial charge < -0.3 is 15.0 Å². The number of para-hydroxylation sites is 2. The van der Waals surface area contributed by atoms with E-state index in [-0.39, 0.29) is 0 Å². The summed E-state index contributed by atoms with van der Waals surface area (Å²) in [5, 5.41) is 4.09. The molecule has 1 aromatic carbocycles. The predicted molar refractivity (Wildman–Crippen MR) is 76.9 cm³/mol. The van der Waals surface area contributed by atoms with Crippen molar-refractivity contribution in [2.45, 2.75) is 0 Å². The molecular weight excluding hydrogens is 274 g/mol. The Balaban J connectivity index is 2.19. The smallest absolute Gasteiger partial charge is 0.340 e. The van der Waals surface area contributed by atoms with Crippen molar-refractivity contribution in [1.82, 2.24) is 10.2 Å². The number of carbonyl (C=O) groups is 2. The van der Waals surface area contributed by atoms with Gasteiger partial charge in [-0.1, -0.05) is 12.1 Å². The van der Waals surface area contributed by atoms with E-state index in [4.69, 9.17) is 9.57 Å². The van der Waals surface area contributed by atoms with E-state index in [1.807, 2.05) is 0 Å². The lowest BCUT2D eigenvalue weighted by atomic mass is 10.2. The van der Waals surface area contributed by atoms with Crippen molar-refractivity contribution in [3.05, 3.63) is 24.3 Å². The van der Waals surface area contributed by atoms with E-state index in [1.54, 1.807) is 24.3 Å². The molecule has 0 radical (unpaired) electrons. The SMILES string of the molecule is COc1ccccc1N(OC)C(=O)C(=O)N1CCNCC1. The fraction of sp³-hybridized carbons (Fsp3) is 0.429. The number of hydroxylamine groups is 1. The lowest BCUT2D eigenvalue weighted by molar-refractivity contribution is -0.148. The molecule has 7 nitrogen and oxygen atoms in total. The molecule has 0 saturated carbocycles. The largest absolute Gasteiger partial charge is 0.494 e. The standard InChI is InChI=1S/C14H19N3O4/c1-20-12-6-4-3-5-11(12)17(21-2)14(19)13(18)16-9-7-15-8-10-16/h3-6,15H,7-10H2,1-2H3. The Kier molecular flexibility index (Phi) is 5.13. The Labute approximate surface area is 123 Å². The Morgan fingerprint density at radius 3 is 2.48 bits per heavy atom. The van der Waals surface area contributed by atoms with E-state index in [9.17, 15) is 9.59 Å². The zero-order valence-electron chi connectivity index (χ0n) is 12.2. The molecule has 1 N–H and O–H groups in total. The lowest BCUT2D eigenvalue weighted by Crippen LogP contribution is -2.52. The van der Waals surface area contributed by atoms with Gasteiger partial charge >= 0.3 is 11.8 Å². The summed E-state index contributed by atoms with van der Waals surface area (Å²) in [5.74, 6) is -0.853. The first-order valence-electron chi connectivity index (χ1n) is 6.70. The highest BCUT2D eigenvalue weighted by molar-refractivity contribution is 6.39. The van der Waals surface area contributed by atoms with Crippen LogP contribution in [0.2, 0.25) is 0 Å². The average molecular weight is 293 g/mol. The highest BCUT2D eigenvalue weighted by atomic mass is 16.7. The van der Waals surface area contributed by atoms with Gasteiger partial charge in [-0.2, -0.15) is 5.06 Å². The van der Waals surface area contributed by atoms with Gasteiger partial charge in [-0.05, 0) is 12.1 Å². The van der Waals surface area contributed by atoms with Crippen LogP contribution in [0.15, 0.2) is 24.3 Å². The molecule has 1 fully saturated rings. The zero-order chi connectivity index (χ0) is 15.2. The monoisotopic (exact) mass is 293 g/mol. The molecule has 0 spiro atoms. The van der Waals surface area contributed by atoms with Crippen LogP contribution >= 0.6 is 0 Å². The van der Waals surface area contributed by atoms with Crippen molar-refractivity contribution in [2.24, 2.45) is 0 Å². The molecule has 1 aliphatic heterocycles. The summed E-state index contributed by atoms with van der Waals surface area (Å²) < 4.78 is 5.19. The maximum Gasteiger partial charge on any atom is 0.340 e. The number of benzene rings is 1. The number of amides is 2. The number of anilines is 1. The number of methoxy groups -OCH3 is 1. The Morgan fingerprint density at radius 2 is 1.86 bits per heavy atom. The van der Waals surface area contributed by atoms with Gasteiger partial charge in [0, 0.05) is 26.2 Å². The molecule has 2 rings (SSSR count). The molecule has 1 aliphatic rings. The number of nitrogens with one attached hydrogen (secondary N) is 1. The highest BCUT2D eigenvalue weighted by Crippen LogP contribution is 2.28. The van der Waals surface area contributed by atoms with E-state index in [2.05, 4.69) is 5.32 Å². The number of hydrogen-bond acceptors (Lipinski definition) is 5. The molecule has 0 unspecified atom stereocenters. The Hall–Kier alpha value is -2.12. The van der Waals surface area contributed by atoms with Crippen molar-refractivity contribution < 1.29 is 19.2 Å². The second-order valence-electron chi connectivity index (χ2n) is 4.50. The molecule has 1 heterocycles. The van der Waals surface area contributed by atoms with E-state index in [0.29, 0.717) is 37.6 Å². The van der Waals surface area contributed by atoms with Gasteiger partial charge in [-0.3, -0.25) is 14.4 Å². The minimum Gasteiger partial charge on any atom is -0.494 e. The molecule has 0 aliphatic carbocycles. The third-order valence-corrected chi connectivity index (χ3v) is 3.26. The van der Waals surface area contributed by atoms with Gasteiger partial charge in [-0.15, -0.1) is 0 Å². The summed E-state index contributed by atoms with van der Waals surface area (Å²) >= 11 is 0. The highest BCUT2D eigenvalue weighted by Gasteiger charge is 2.30. The number of carbonyl (C=O) groups excluding carboxylic acids is 2. The molecular formula is C14H19N3O4. The van der Waals surface area contributed by atoms with E-state index in [0.717, 1.165) is 5.06 Å². The summed E-state index contributed by atoms with van der Waals surface area (Å²) in [4.78, 5) is 31.2. The van der Waals surface area contributed by atoms with Crippen molar-refractivity contribution in [3.8, 4) is 5.75 Å². The van der Waals surface area contributed by atoms with Gasteiger partial charge in [0.25, 0.3) is 0 Å². The summed E-state index contributed by atoms with van der Waals surface area (Å²) in [7, 11) is 2.84. The minimum atomic E-state index is -0.733. The number of piperazine rings is 1. The summed E-state index contributed by atoms with van der Waals surface area (Å²) in [5.41, 5.74) is 0.399. The quantitative estimate of drug-likeness (QED) is 0.628. The first-order valence-corrected chi connectivity index (χ1v) is 6.70. The molecule has 7 heteroatoms. The molecule has 114 valence electrons. The van der Waals surface area contributed by atoms with Crippen LogP contribution in [-0.4, -0.2) is 57.1 Å². The summed E-state index contributed by atoms with van der Waals surface area (Å²) in [6.07, 6.45) is 0. The van der Waals surface area contributed by atoms with Crippen LogP contribution in [0.4, 0.5) is 5.69 Å². The van der Waals surface area contributed by atoms with Crippen LogP contribution in [0.1, 0.15) is 0 Å². The molecule has 0 bridgehead atoms. The molecule has 0 aromatic heterocycles. The number of nitrogens with zero attached hydrogens (tertiary/aromatic N) is 2.